The molecule has 0 aliphatic carbocycles. The highest BCUT2D eigenvalue weighted by Crippen LogP contribution is 2.34. The summed E-state index contributed by atoms with van der Waals surface area (Å²) < 4.78 is 18.8. The van der Waals surface area contributed by atoms with Crippen LogP contribution in [-0.4, -0.2) is 5.11 Å². The molecule has 0 amide bonds. The molecular weight excluding hydrogens is 231 g/mol. The van der Waals surface area contributed by atoms with Gasteiger partial charge in [-0.15, -0.1) is 0 Å². The molecular formula is C15H11FO2. The molecule has 0 unspecified atom stereocenters. The monoisotopic (exact) mass is 242 g/mol. The summed E-state index contributed by atoms with van der Waals surface area (Å²) in [5.74, 6) is 0.0687. The molecule has 3 aromatic rings. The molecule has 90 valence electrons. The number of benzene rings is 2. The molecule has 0 radical (unpaired) electrons. The Hall–Kier alpha value is -2.29. The van der Waals surface area contributed by atoms with Crippen molar-refractivity contribution in [2.24, 2.45) is 0 Å². The Labute approximate surface area is 103 Å². The Morgan fingerprint density at radius 1 is 1.06 bits per heavy atom. The van der Waals surface area contributed by atoms with Gasteiger partial charge in [0, 0.05) is 5.39 Å². The first kappa shape index (κ1) is 10.8. The maximum Gasteiger partial charge on any atom is 0.139 e. The van der Waals surface area contributed by atoms with E-state index in [1.807, 2.05) is 25.1 Å². The van der Waals surface area contributed by atoms with Gasteiger partial charge in [0.15, 0.2) is 0 Å². The predicted molar refractivity (Wildman–Crippen MR) is 68.0 cm³/mol. The Kier molecular flexibility index (Phi) is 2.33. The number of fused-ring (bicyclic) bond motifs is 1. The SMILES string of the molecule is Cc1ccc2oc(-c3cc(F)ccc3O)cc2c1. The minimum absolute atomic E-state index is 0.00665. The zero-order valence-electron chi connectivity index (χ0n) is 9.77. The number of halogens is 1. The fourth-order valence-electron chi connectivity index (χ4n) is 2.00. The molecule has 2 nitrogen and oxygen atoms in total. The van der Waals surface area contributed by atoms with Crippen LogP contribution < -0.4 is 0 Å². The normalized spacial score (nSPS) is 11.0. The molecule has 1 heterocycles. The third kappa shape index (κ3) is 1.74. The molecule has 0 aliphatic rings. The van der Waals surface area contributed by atoms with Crippen molar-refractivity contribution in [1.82, 2.24) is 0 Å². The van der Waals surface area contributed by atoms with E-state index in [1.165, 1.54) is 18.2 Å². The number of aryl methyl sites for hydroxylation is 1. The summed E-state index contributed by atoms with van der Waals surface area (Å²) >= 11 is 0. The van der Waals surface area contributed by atoms with E-state index in [-0.39, 0.29) is 5.75 Å². The number of rotatable bonds is 1. The first-order chi connectivity index (χ1) is 8.63. The Morgan fingerprint density at radius 3 is 2.72 bits per heavy atom. The lowest BCUT2D eigenvalue weighted by atomic mass is 10.1. The van der Waals surface area contributed by atoms with Crippen LogP contribution in [0.1, 0.15) is 5.56 Å². The van der Waals surface area contributed by atoms with E-state index < -0.39 is 5.82 Å². The van der Waals surface area contributed by atoms with Crippen molar-refractivity contribution in [1.29, 1.82) is 0 Å². The fourth-order valence-corrected chi connectivity index (χ4v) is 2.00. The van der Waals surface area contributed by atoms with Gasteiger partial charge in [-0.3, -0.25) is 0 Å². The van der Waals surface area contributed by atoms with Crippen LogP contribution in [0.5, 0.6) is 5.75 Å². The molecule has 2 aromatic carbocycles. The molecule has 3 rings (SSSR count). The van der Waals surface area contributed by atoms with Crippen LogP contribution in [0.25, 0.3) is 22.3 Å². The number of aromatic hydroxyl groups is 1. The standard InChI is InChI=1S/C15H11FO2/c1-9-2-5-14-10(6-9)7-15(18-14)12-8-11(16)3-4-13(12)17/h2-8,17H,1H3. The van der Waals surface area contributed by atoms with Crippen molar-refractivity contribution in [3.63, 3.8) is 0 Å². The van der Waals surface area contributed by atoms with E-state index in [2.05, 4.69) is 0 Å². The van der Waals surface area contributed by atoms with Crippen molar-refractivity contribution in [3.8, 4) is 17.1 Å². The highest BCUT2D eigenvalue weighted by atomic mass is 19.1. The molecule has 0 bridgehead atoms. The second-order valence-electron chi connectivity index (χ2n) is 4.31. The number of phenolic OH excluding ortho intramolecular Hbond substituents is 1. The van der Waals surface area contributed by atoms with Gasteiger partial charge in [-0.2, -0.15) is 0 Å². The summed E-state index contributed by atoms with van der Waals surface area (Å²) in [6.07, 6.45) is 0. The Balaban J connectivity index is 2.22. The summed E-state index contributed by atoms with van der Waals surface area (Å²) in [5.41, 5.74) is 2.21. The second kappa shape index (κ2) is 3.88. The highest BCUT2D eigenvalue weighted by Gasteiger charge is 2.11. The van der Waals surface area contributed by atoms with Crippen molar-refractivity contribution in [2.45, 2.75) is 6.92 Å². The summed E-state index contributed by atoms with van der Waals surface area (Å²) in [5, 5.41) is 10.7. The predicted octanol–water partition coefficient (Wildman–Crippen LogP) is 4.25. The van der Waals surface area contributed by atoms with Crippen molar-refractivity contribution < 1.29 is 13.9 Å². The Bertz CT molecular complexity index is 728. The quantitative estimate of drug-likeness (QED) is 0.691. The lowest BCUT2D eigenvalue weighted by molar-refractivity contribution is 0.472. The van der Waals surface area contributed by atoms with Crippen LogP contribution in [-0.2, 0) is 0 Å². The van der Waals surface area contributed by atoms with Gasteiger partial charge in [0.05, 0.1) is 5.56 Å². The molecule has 0 saturated heterocycles. The van der Waals surface area contributed by atoms with Gasteiger partial charge in [-0.25, -0.2) is 4.39 Å². The molecule has 1 N–H and O–H groups in total. The van der Waals surface area contributed by atoms with Gasteiger partial charge in [0.1, 0.15) is 22.9 Å². The number of hydrogen-bond acceptors (Lipinski definition) is 2. The first-order valence-corrected chi connectivity index (χ1v) is 5.62. The van der Waals surface area contributed by atoms with Gasteiger partial charge in [-0.1, -0.05) is 11.6 Å². The van der Waals surface area contributed by atoms with E-state index >= 15 is 0 Å². The zero-order valence-corrected chi connectivity index (χ0v) is 9.77. The summed E-state index contributed by atoms with van der Waals surface area (Å²) in [6.45, 7) is 1.99. The lowest BCUT2D eigenvalue weighted by Crippen LogP contribution is -1.78. The van der Waals surface area contributed by atoms with Crippen LogP contribution in [0.3, 0.4) is 0 Å². The van der Waals surface area contributed by atoms with Gasteiger partial charge in [-0.05, 0) is 43.3 Å². The van der Waals surface area contributed by atoms with Gasteiger partial charge >= 0.3 is 0 Å². The number of hydrogen-bond donors (Lipinski definition) is 1. The van der Waals surface area contributed by atoms with Crippen LogP contribution in [0, 0.1) is 12.7 Å². The van der Waals surface area contributed by atoms with Crippen LogP contribution >= 0.6 is 0 Å². The summed E-state index contributed by atoms with van der Waals surface area (Å²) in [4.78, 5) is 0. The van der Waals surface area contributed by atoms with E-state index in [0.717, 1.165) is 16.5 Å². The molecule has 3 heteroatoms. The van der Waals surface area contributed by atoms with Crippen molar-refractivity contribution in [3.05, 3.63) is 53.8 Å². The highest BCUT2D eigenvalue weighted by molar-refractivity contribution is 5.84. The van der Waals surface area contributed by atoms with E-state index in [1.54, 1.807) is 6.07 Å². The minimum Gasteiger partial charge on any atom is -0.507 e. The zero-order chi connectivity index (χ0) is 12.7. The van der Waals surface area contributed by atoms with Crippen molar-refractivity contribution in [2.75, 3.05) is 0 Å². The first-order valence-electron chi connectivity index (χ1n) is 5.62. The number of phenols is 1. The van der Waals surface area contributed by atoms with Gasteiger partial charge in [0.25, 0.3) is 0 Å². The van der Waals surface area contributed by atoms with E-state index in [9.17, 15) is 9.50 Å². The molecule has 1 aromatic heterocycles. The summed E-state index contributed by atoms with van der Waals surface area (Å²) in [7, 11) is 0. The average molecular weight is 242 g/mol. The van der Waals surface area contributed by atoms with Gasteiger partial charge < -0.3 is 9.52 Å². The molecule has 0 aliphatic heterocycles. The smallest absolute Gasteiger partial charge is 0.139 e. The van der Waals surface area contributed by atoms with Crippen LogP contribution in [0.15, 0.2) is 46.9 Å². The number of furan rings is 1. The molecule has 0 atom stereocenters. The van der Waals surface area contributed by atoms with Crippen LogP contribution in [0.2, 0.25) is 0 Å². The topological polar surface area (TPSA) is 33.4 Å². The third-order valence-corrected chi connectivity index (χ3v) is 2.90. The lowest BCUT2D eigenvalue weighted by Gasteiger charge is -2.00. The minimum atomic E-state index is -0.403. The molecule has 0 fully saturated rings. The molecule has 0 saturated carbocycles. The second-order valence-corrected chi connectivity index (χ2v) is 4.31. The third-order valence-electron chi connectivity index (χ3n) is 2.90. The largest absolute Gasteiger partial charge is 0.507 e. The van der Waals surface area contributed by atoms with Crippen molar-refractivity contribution >= 4 is 11.0 Å². The van der Waals surface area contributed by atoms with Crippen LogP contribution in [0.4, 0.5) is 4.39 Å². The fraction of sp³-hybridized carbons (Fsp3) is 0.0667. The van der Waals surface area contributed by atoms with E-state index in [4.69, 9.17) is 4.42 Å². The molecule has 0 spiro atoms. The maximum atomic E-state index is 13.2. The Morgan fingerprint density at radius 2 is 1.89 bits per heavy atom. The average Bonchev–Trinajstić information content (AvgIpc) is 2.74. The van der Waals surface area contributed by atoms with E-state index in [0.29, 0.717) is 11.3 Å². The van der Waals surface area contributed by atoms with Gasteiger partial charge in [0.2, 0.25) is 0 Å². The maximum absolute atomic E-state index is 13.2. The summed E-state index contributed by atoms with van der Waals surface area (Å²) in [6, 6.07) is 11.4. The molecule has 18 heavy (non-hydrogen) atoms.